The Hall–Kier alpha value is -2.47. The van der Waals surface area contributed by atoms with Crippen LogP contribution in [0.15, 0.2) is 22.4 Å². The zero-order valence-corrected chi connectivity index (χ0v) is 16.7. The summed E-state index contributed by atoms with van der Waals surface area (Å²) in [6.45, 7) is 0. The molecular formula is C14H10F12N4O2S. The summed E-state index contributed by atoms with van der Waals surface area (Å²) in [5.41, 5.74) is -4.80. The van der Waals surface area contributed by atoms with Gasteiger partial charge in [-0.15, -0.1) is 0 Å². The first kappa shape index (κ1) is 26.8. The average Bonchev–Trinajstić information content (AvgIpc) is 3.25. The quantitative estimate of drug-likeness (QED) is 0.489. The van der Waals surface area contributed by atoms with E-state index in [0.29, 0.717) is 14.1 Å². The van der Waals surface area contributed by atoms with E-state index >= 15 is 0 Å². The topological polar surface area (TPSA) is 69.8 Å². The molecule has 0 fully saturated rings. The third-order valence-electron chi connectivity index (χ3n) is 4.25. The molecule has 2 aromatic rings. The summed E-state index contributed by atoms with van der Waals surface area (Å²) in [5, 5.41) is 1.51. The summed E-state index contributed by atoms with van der Waals surface area (Å²) in [4.78, 5) is 0. The summed E-state index contributed by atoms with van der Waals surface area (Å²) in [6, 6.07) is 0. The number of aromatic nitrogens is 4. The molecule has 0 aliphatic heterocycles. The molecule has 188 valence electrons. The number of nitrogens with zero attached hydrogens (tertiary/aromatic N) is 4. The molecule has 19 heteroatoms. The average molecular weight is 526 g/mol. The van der Waals surface area contributed by atoms with Crippen LogP contribution in [0.4, 0.5) is 52.7 Å². The van der Waals surface area contributed by atoms with E-state index in [0.717, 1.165) is 0 Å². The molecule has 0 N–H and O–H groups in total. The second-order valence-corrected chi connectivity index (χ2v) is 8.29. The van der Waals surface area contributed by atoms with Crippen molar-refractivity contribution < 1.29 is 61.1 Å². The number of hydrogen-bond acceptors (Lipinski definition) is 4. The van der Waals surface area contributed by atoms with Crippen LogP contribution in [0.5, 0.6) is 0 Å². The molecule has 0 spiro atoms. The van der Waals surface area contributed by atoms with Gasteiger partial charge in [0, 0.05) is 20.3 Å². The lowest BCUT2D eigenvalue weighted by molar-refractivity contribution is -0.271. The van der Waals surface area contributed by atoms with Crippen LogP contribution in [-0.2, 0) is 35.8 Å². The molecule has 0 aliphatic carbocycles. The fourth-order valence-corrected chi connectivity index (χ4v) is 4.32. The van der Waals surface area contributed by atoms with Crippen molar-refractivity contribution in [3.05, 3.63) is 23.5 Å². The zero-order valence-electron chi connectivity index (χ0n) is 15.9. The predicted octanol–water partition coefficient (Wildman–Crippen LogP) is 3.97. The van der Waals surface area contributed by atoms with Crippen LogP contribution >= 0.6 is 0 Å². The van der Waals surface area contributed by atoms with Crippen LogP contribution in [0.25, 0.3) is 0 Å². The van der Waals surface area contributed by atoms with Crippen LogP contribution in [0.3, 0.4) is 0 Å². The summed E-state index contributed by atoms with van der Waals surface area (Å²) in [7, 11) is -4.91. The molecule has 0 atom stereocenters. The highest BCUT2D eigenvalue weighted by atomic mass is 32.2. The van der Waals surface area contributed by atoms with Crippen LogP contribution in [0.1, 0.15) is 11.1 Å². The molecule has 0 aromatic carbocycles. The van der Waals surface area contributed by atoms with Gasteiger partial charge in [-0.1, -0.05) is 0 Å². The molecule has 2 heterocycles. The lowest BCUT2D eigenvalue weighted by Gasteiger charge is -2.26. The first-order valence-corrected chi connectivity index (χ1v) is 9.52. The third-order valence-corrected chi connectivity index (χ3v) is 6.05. The van der Waals surface area contributed by atoms with Crippen molar-refractivity contribution in [2.75, 3.05) is 0 Å². The Morgan fingerprint density at radius 2 is 1.24 bits per heavy atom. The van der Waals surface area contributed by atoms with Gasteiger partial charge in [0.2, 0.25) is 9.84 Å². The van der Waals surface area contributed by atoms with Gasteiger partial charge >= 0.3 is 36.5 Å². The number of hydrogen-bond donors (Lipinski definition) is 0. The Labute approximate surface area is 175 Å². The third kappa shape index (κ3) is 3.82. The second-order valence-electron chi connectivity index (χ2n) is 6.51. The van der Waals surface area contributed by atoms with Crippen LogP contribution in [0.2, 0.25) is 0 Å². The predicted molar refractivity (Wildman–Crippen MR) is 81.6 cm³/mol. The molecule has 33 heavy (non-hydrogen) atoms. The Morgan fingerprint density at radius 1 is 0.818 bits per heavy atom. The molecule has 0 saturated heterocycles. The molecule has 0 saturated carbocycles. The fourth-order valence-electron chi connectivity index (χ4n) is 2.57. The Bertz CT molecular complexity index is 1140. The molecule has 0 unspecified atom stereocenters. The first-order valence-electron chi connectivity index (χ1n) is 8.04. The van der Waals surface area contributed by atoms with Gasteiger partial charge in [-0.3, -0.25) is 9.36 Å². The van der Waals surface area contributed by atoms with Crippen molar-refractivity contribution in [1.82, 2.24) is 19.6 Å². The van der Waals surface area contributed by atoms with Crippen LogP contribution in [-0.4, -0.2) is 52.7 Å². The first-order chi connectivity index (χ1) is 14.6. The highest BCUT2D eigenvalue weighted by molar-refractivity contribution is 7.91. The molecule has 2 aromatic heterocycles. The highest BCUT2D eigenvalue weighted by Gasteiger charge is 2.68. The summed E-state index contributed by atoms with van der Waals surface area (Å²) in [6.07, 6.45) is -10.5. The van der Waals surface area contributed by atoms with E-state index in [4.69, 9.17) is 0 Å². The molecule has 2 rings (SSSR count). The maximum absolute atomic E-state index is 14.2. The van der Waals surface area contributed by atoms with Gasteiger partial charge in [0.15, 0.2) is 10.1 Å². The van der Waals surface area contributed by atoms with Crippen molar-refractivity contribution >= 4 is 9.84 Å². The molecule has 0 bridgehead atoms. The van der Waals surface area contributed by atoms with Gasteiger partial charge in [-0.05, 0) is 0 Å². The smallest absolute Gasteiger partial charge is 0.274 e. The van der Waals surface area contributed by atoms with E-state index in [1.165, 1.54) is 0 Å². The normalized spacial score (nSPS) is 14.5. The standard InChI is InChI=1S/C14H10F12N4O2S/c1-29-4-6(12(21,22)14(25,26)10(17)18)7(28-29)33(31,32)8-5(3-27-30(8)2)11(19,20)13(23,24)9(15)16/h3-4,9-10H,1-2H3. The maximum atomic E-state index is 14.2. The highest BCUT2D eigenvalue weighted by Crippen LogP contribution is 2.51. The second kappa shape index (κ2) is 7.79. The minimum Gasteiger partial charge on any atom is -0.274 e. The van der Waals surface area contributed by atoms with E-state index in [9.17, 15) is 61.1 Å². The van der Waals surface area contributed by atoms with Gasteiger partial charge in [-0.2, -0.15) is 45.3 Å². The van der Waals surface area contributed by atoms with Crippen molar-refractivity contribution in [1.29, 1.82) is 0 Å². The number of rotatable bonds is 8. The van der Waals surface area contributed by atoms with Crippen molar-refractivity contribution in [2.24, 2.45) is 14.1 Å². The number of sulfone groups is 1. The van der Waals surface area contributed by atoms with E-state index in [1.54, 1.807) is 0 Å². The van der Waals surface area contributed by atoms with Gasteiger partial charge in [0.05, 0.1) is 17.3 Å². The van der Waals surface area contributed by atoms with Crippen molar-refractivity contribution in [3.8, 4) is 0 Å². The van der Waals surface area contributed by atoms with E-state index in [1.807, 2.05) is 0 Å². The minimum absolute atomic E-state index is 0.111. The van der Waals surface area contributed by atoms with Gasteiger partial charge < -0.3 is 0 Å². The number of halogens is 12. The summed E-state index contributed by atoms with van der Waals surface area (Å²) < 4.78 is 186. The molecule has 0 aliphatic rings. The maximum Gasteiger partial charge on any atom is 0.373 e. The van der Waals surface area contributed by atoms with E-state index in [-0.39, 0.29) is 21.8 Å². The van der Waals surface area contributed by atoms with E-state index in [2.05, 4.69) is 10.2 Å². The van der Waals surface area contributed by atoms with Crippen LogP contribution < -0.4 is 0 Å². The minimum atomic E-state index is -6.19. The monoisotopic (exact) mass is 526 g/mol. The summed E-state index contributed by atoms with van der Waals surface area (Å²) >= 11 is 0. The van der Waals surface area contributed by atoms with Gasteiger partial charge in [0.1, 0.15) is 0 Å². The lowest BCUT2D eigenvalue weighted by Crippen LogP contribution is -2.45. The van der Waals surface area contributed by atoms with Crippen molar-refractivity contribution in [3.63, 3.8) is 0 Å². The van der Waals surface area contributed by atoms with Gasteiger partial charge in [-0.25, -0.2) is 26.0 Å². The fraction of sp³-hybridized carbons (Fsp3) is 0.571. The molecule has 6 nitrogen and oxygen atoms in total. The van der Waals surface area contributed by atoms with Gasteiger partial charge in [0.25, 0.3) is 0 Å². The molecule has 0 amide bonds. The summed E-state index contributed by atoms with van der Waals surface area (Å²) in [5.74, 6) is -24.3. The largest absolute Gasteiger partial charge is 0.373 e. The number of alkyl halides is 12. The molecule has 0 radical (unpaired) electrons. The Kier molecular flexibility index (Phi) is 6.33. The molecular weight excluding hydrogens is 516 g/mol. The number of aryl methyl sites for hydroxylation is 2. The Morgan fingerprint density at radius 3 is 1.67 bits per heavy atom. The SMILES string of the molecule is Cn1cc(C(F)(F)C(F)(F)C(F)F)c(S(=O)(=O)c2c(C(F)(F)C(F)(F)C(F)F)cnn2C)n1. The zero-order chi connectivity index (χ0) is 25.9. The lowest BCUT2D eigenvalue weighted by atomic mass is 10.1. The van der Waals surface area contributed by atoms with Crippen molar-refractivity contribution in [2.45, 2.75) is 46.6 Å². The van der Waals surface area contributed by atoms with E-state index < -0.39 is 67.6 Å². The van der Waals surface area contributed by atoms with Crippen LogP contribution in [0, 0.1) is 0 Å². The Balaban J connectivity index is 2.85.